The topological polar surface area (TPSA) is 40.5 Å². The molecule has 0 unspecified atom stereocenters. The molecule has 3 aromatic carbocycles. The van der Waals surface area contributed by atoms with Gasteiger partial charge in [-0.05, 0) is 64.2 Å². The average molecular weight is 373 g/mol. The molecule has 0 aromatic heterocycles. The smallest absolute Gasteiger partial charge is 0.122 e. The van der Waals surface area contributed by atoms with Gasteiger partial charge >= 0.3 is 0 Å². The Morgan fingerprint density at radius 1 is 0.640 bits per heavy atom. The van der Waals surface area contributed by atoms with Crippen LogP contribution >= 0.6 is 23.2 Å². The number of phenols is 1. The zero-order valence-electron chi connectivity index (χ0n) is 13.5. The van der Waals surface area contributed by atoms with E-state index in [-0.39, 0.29) is 12.4 Å². The third-order valence-electron chi connectivity index (χ3n) is 4.13. The van der Waals surface area contributed by atoms with Gasteiger partial charge in [-0.25, -0.2) is 0 Å². The maximum absolute atomic E-state index is 10.7. The van der Waals surface area contributed by atoms with Crippen molar-refractivity contribution >= 4 is 23.2 Å². The van der Waals surface area contributed by atoms with Crippen LogP contribution in [0.15, 0.2) is 60.7 Å². The second-order valence-corrected chi connectivity index (χ2v) is 6.90. The Morgan fingerprint density at radius 2 is 1.04 bits per heavy atom. The minimum Gasteiger partial charge on any atom is -0.507 e. The third kappa shape index (κ3) is 4.55. The first kappa shape index (κ1) is 17.8. The van der Waals surface area contributed by atoms with Crippen LogP contribution in [0.25, 0.3) is 0 Å². The number of phenolic OH excluding ortho intramolecular Hbond substituents is 1. The monoisotopic (exact) mass is 372 g/mol. The van der Waals surface area contributed by atoms with Crippen LogP contribution in [0.3, 0.4) is 0 Å². The van der Waals surface area contributed by atoms with E-state index in [1.165, 1.54) is 0 Å². The van der Waals surface area contributed by atoms with Gasteiger partial charge in [0.1, 0.15) is 5.75 Å². The van der Waals surface area contributed by atoms with Crippen LogP contribution < -0.4 is 0 Å². The highest BCUT2D eigenvalue weighted by Crippen LogP contribution is 2.29. The molecule has 128 valence electrons. The lowest BCUT2D eigenvalue weighted by molar-refractivity contribution is 0.281. The van der Waals surface area contributed by atoms with Crippen LogP contribution in [0.2, 0.25) is 10.0 Å². The Kier molecular flexibility index (Phi) is 5.64. The number of aliphatic hydroxyl groups is 1. The molecule has 0 aliphatic rings. The van der Waals surface area contributed by atoms with Crippen molar-refractivity contribution in [1.29, 1.82) is 0 Å². The lowest BCUT2D eigenvalue weighted by Crippen LogP contribution is -1.98. The van der Waals surface area contributed by atoms with Gasteiger partial charge in [-0.3, -0.25) is 0 Å². The van der Waals surface area contributed by atoms with E-state index in [9.17, 15) is 10.2 Å². The van der Waals surface area contributed by atoms with E-state index in [4.69, 9.17) is 23.2 Å². The van der Waals surface area contributed by atoms with Crippen molar-refractivity contribution in [3.63, 3.8) is 0 Å². The molecule has 0 bridgehead atoms. The Bertz CT molecular complexity index is 788. The lowest BCUT2D eigenvalue weighted by Gasteiger charge is -2.13. The first-order chi connectivity index (χ1) is 12.0. The maximum atomic E-state index is 10.7. The van der Waals surface area contributed by atoms with Crippen molar-refractivity contribution in [3.8, 4) is 5.75 Å². The van der Waals surface area contributed by atoms with Crippen molar-refractivity contribution in [2.45, 2.75) is 19.4 Å². The highest BCUT2D eigenvalue weighted by atomic mass is 35.5. The third-order valence-corrected chi connectivity index (χ3v) is 4.63. The quantitative estimate of drug-likeness (QED) is 0.631. The molecule has 0 atom stereocenters. The summed E-state index contributed by atoms with van der Waals surface area (Å²) < 4.78 is 0. The molecular weight excluding hydrogens is 355 g/mol. The van der Waals surface area contributed by atoms with Gasteiger partial charge in [-0.15, -0.1) is 0 Å². The summed E-state index contributed by atoms with van der Waals surface area (Å²) >= 11 is 11.9. The van der Waals surface area contributed by atoms with Crippen LogP contribution in [-0.4, -0.2) is 10.2 Å². The van der Waals surface area contributed by atoms with Gasteiger partial charge in [0.05, 0.1) is 6.61 Å². The second-order valence-electron chi connectivity index (χ2n) is 6.03. The van der Waals surface area contributed by atoms with Crippen molar-refractivity contribution in [3.05, 3.63) is 98.5 Å². The maximum Gasteiger partial charge on any atom is 0.122 e. The molecule has 0 fully saturated rings. The molecule has 0 saturated heterocycles. The van der Waals surface area contributed by atoms with E-state index in [0.717, 1.165) is 27.8 Å². The molecule has 0 radical (unpaired) electrons. The Morgan fingerprint density at radius 3 is 1.40 bits per heavy atom. The van der Waals surface area contributed by atoms with E-state index >= 15 is 0 Å². The van der Waals surface area contributed by atoms with Crippen LogP contribution in [0, 0.1) is 0 Å². The van der Waals surface area contributed by atoms with Crippen LogP contribution in [0.4, 0.5) is 0 Å². The van der Waals surface area contributed by atoms with Gasteiger partial charge in [0, 0.05) is 22.9 Å². The van der Waals surface area contributed by atoms with Gasteiger partial charge in [0.25, 0.3) is 0 Å². The molecule has 0 heterocycles. The zero-order chi connectivity index (χ0) is 17.8. The van der Waals surface area contributed by atoms with E-state index in [1.807, 2.05) is 60.7 Å². The molecule has 4 heteroatoms. The minimum absolute atomic E-state index is 0.0679. The first-order valence-corrected chi connectivity index (χ1v) is 8.74. The summed E-state index contributed by atoms with van der Waals surface area (Å²) in [5.74, 6) is 0.266. The molecule has 25 heavy (non-hydrogen) atoms. The van der Waals surface area contributed by atoms with Crippen molar-refractivity contribution in [1.82, 2.24) is 0 Å². The van der Waals surface area contributed by atoms with E-state index in [0.29, 0.717) is 22.9 Å². The van der Waals surface area contributed by atoms with Crippen LogP contribution in [0.5, 0.6) is 5.75 Å². The second kappa shape index (κ2) is 7.92. The molecule has 0 aliphatic heterocycles. The largest absolute Gasteiger partial charge is 0.507 e. The standard InChI is InChI=1S/C21H18Cl2O2/c22-19-5-1-14(2-6-19)9-17-11-16(13-24)12-18(21(17)25)10-15-3-7-20(23)8-4-15/h1-8,11-12,24-25H,9-10,13H2. The summed E-state index contributed by atoms with van der Waals surface area (Å²) in [4.78, 5) is 0. The molecule has 0 amide bonds. The number of benzene rings is 3. The predicted molar refractivity (Wildman–Crippen MR) is 103 cm³/mol. The van der Waals surface area contributed by atoms with Gasteiger partial charge in [-0.2, -0.15) is 0 Å². The van der Waals surface area contributed by atoms with E-state index in [1.54, 1.807) is 0 Å². The molecule has 3 rings (SSSR count). The summed E-state index contributed by atoms with van der Waals surface area (Å²) in [6, 6.07) is 18.8. The molecule has 2 N–H and O–H groups in total. The normalized spacial score (nSPS) is 10.8. The number of aromatic hydroxyl groups is 1. The molecular formula is C21H18Cl2O2. The van der Waals surface area contributed by atoms with Gasteiger partial charge in [0.15, 0.2) is 0 Å². The summed E-state index contributed by atoms with van der Waals surface area (Å²) in [6.45, 7) is -0.0679. The Balaban J connectivity index is 1.92. The van der Waals surface area contributed by atoms with Gasteiger partial charge in [0.2, 0.25) is 0 Å². The summed E-state index contributed by atoms with van der Waals surface area (Å²) in [7, 11) is 0. The SMILES string of the molecule is OCc1cc(Cc2ccc(Cl)cc2)c(O)c(Cc2ccc(Cl)cc2)c1. The fourth-order valence-electron chi connectivity index (χ4n) is 2.84. The number of hydrogen-bond donors (Lipinski definition) is 2. The number of aliphatic hydroxyl groups excluding tert-OH is 1. The first-order valence-electron chi connectivity index (χ1n) is 7.98. The van der Waals surface area contributed by atoms with Crippen molar-refractivity contribution in [2.24, 2.45) is 0 Å². The summed E-state index contributed by atoms with van der Waals surface area (Å²) in [5.41, 5.74) is 4.46. The lowest BCUT2D eigenvalue weighted by atomic mass is 9.95. The summed E-state index contributed by atoms with van der Waals surface area (Å²) in [5, 5.41) is 21.6. The van der Waals surface area contributed by atoms with Crippen molar-refractivity contribution in [2.75, 3.05) is 0 Å². The predicted octanol–water partition coefficient (Wildman–Crippen LogP) is 5.37. The highest BCUT2D eigenvalue weighted by molar-refractivity contribution is 6.30. The zero-order valence-corrected chi connectivity index (χ0v) is 15.1. The van der Waals surface area contributed by atoms with Crippen molar-refractivity contribution < 1.29 is 10.2 Å². The highest BCUT2D eigenvalue weighted by Gasteiger charge is 2.11. The molecule has 0 spiro atoms. The molecule has 3 aromatic rings. The minimum atomic E-state index is -0.0679. The molecule has 0 saturated carbocycles. The molecule has 0 aliphatic carbocycles. The van der Waals surface area contributed by atoms with Crippen LogP contribution in [-0.2, 0) is 19.4 Å². The average Bonchev–Trinajstić information content (AvgIpc) is 2.62. The fraction of sp³-hybridized carbons (Fsp3) is 0.143. The Hall–Kier alpha value is -2.00. The number of rotatable bonds is 5. The van der Waals surface area contributed by atoms with Gasteiger partial charge < -0.3 is 10.2 Å². The fourth-order valence-corrected chi connectivity index (χ4v) is 3.09. The number of hydrogen-bond acceptors (Lipinski definition) is 2. The van der Waals surface area contributed by atoms with E-state index in [2.05, 4.69) is 0 Å². The Labute approximate surface area is 157 Å². The summed E-state index contributed by atoms with van der Waals surface area (Å²) in [6.07, 6.45) is 1.15. The van der Waals surface area contributed by atoms with E-state index < -0.39 is 0 Å². The number of halogens is 2. The van der Waals surface area contributed by atoms with Gasteiger partial charge in [-0.1, -0.05) is 47.5 Å². The van der Waals surface area contributed by atoms with Crippen LogP contribution in [0.1, 0.15) is 27.8 Å². The molecule has 2 nitrogen and oxygen atoms in total.